The summed E-state index contributed by atoms with van der Waals surface area (Å²) in [5.41, 5.74) is 1.69. The molecule has 5 heteroatoms. The lowest BCUT2D eigenvalue weighted by Crippen LogP contribution is -2.34. The largest absolute Gasteiger partial charge is 0.479 e. The highest BCUT2D eigenvalue weighted by atomic mass is 35.5. The van der Waals surface area contributed by atoms with Gasteiger partial charge in [-0.15, -0.1) is 0 Å². The molecule has 0 aromatic heterocycles. The molecule has 2 rings (SSSR count). The fourth-order valence-electron chi connectivity index (χ4n) is 1.98. The Balaban J connectivity index is 2.27. The number of rotatable bonds is 4. The number of carbonyl (C=O) groups is 2. The van der Waals surface area contributed by atoms with Crippen LogP contribution in [-0.2, 0) is 4.79 Å². The minimum absolute atomic E-state index is 0.300. The summed E-state index contributed by atoms with van der Waals surface area (Å²) < 4.78 is 0. The lowest BCUT2D eigenvalue weighted by molar-refractivity contribution is -0.139. The summed E-state index contributed by atoms with van der Waals surface area (Å²) in [6.45, 7) is 1.86. The number of amides is 1. The Morgan fingerprint density at radius 1 is 1.14 bits per heavy atom. The van der Waals surface area contributed by atoms with Crippen LogP contribution in [0.3, 0.4) is 0 Å². The van der Waals surface area contributed by atoms with Crippen molar-refractivity contribution in [3.63, 3.8) is 0 Å². The molecule has 0 saturated carbocycles. The Labute approximate surface area is 127 Å². The average Bonchev–Trinajstić information content (AvgIpc) is 2.45. The van der Waals surface area contributed by atoms with Gasteiger partial charge < -0.3 is 10.4 Å². The molecule has 4 nitrogen and oxygen atoms in total. The molecular weight excluding hydrogens is 290 g/mol. The summed E-state index contributed by atoms with van der Waals surface area (Å²) in [6.07, 6.45) is 0. The molecule has 0 radical (unpaired) electrons. The second-order valence-corrected chi connectivity index (χ2v) is 5.04. The molecule has 0 heterocycles. The average molecular weight is 304 g/mol. The smallest absolute Gasteiger partial charge is 0.330 e. The normalized spacial score (nSPS) is 11.7. The van der Waals surface area contributed by atoms with E-state index in [0.29, 0.717) is 16.1 Å². The fourth-order valence-corrected chi connectivity index (χ4v) is 2.23. The van der Waals surface area contributed by atoms with Gasteiger partial charge in [0.2, 0.25) is 0 Å². The molecule has 0 spiro atoms. The Kier molecular flexibility index (Phi) is 4.60. The molecule has 0 fully saturated rings. The highest BCUT2D eigenvalue weighted by Crippen LogP contribution is 2.23. The molecule has 0 aliphatic heterocycles. The van der Waals surface area contributed by atoms with Gasteiger partial charge in [0.05, 0.1) is 0 Å². The van der Waals surface area contributed by atoms with E-state index in [4.69, 9.17) is 11.6 Å². The summed E-state index contributed by atoms with van der Waals surface area (Å²) in [7, 11) is 0. The number of carboxylic acids is 1. The molecule has 2 aromatic rings. The van der Waals surface area contributed by atoms with Crippen molar-refractivity contribution in [2.75, 3.05) is 0 Å². The first-order valence-corrected chi connectivity index (χ1v) is 6.71. The third kappa shape index (κ3) is 3.61. The highest BCUT2D eigenvalue weighted by molar-refractivity contribution is 6.31. The van der Waals surface area contributed by atoms with Crippen LogP contribution in [0.1, 0.15) is 27.5 Å². The summed E-state index contributed by atoms with van der Waals surface area (Å²) in [5.74, 6) is -1.62. The number of carboxylic acid groups (broad SMARTS) is 1. The Hall–Kier alpha value is -2.33. The van der Waals surface area contributed by atoms with Gasteiger partial charge in [0, 0.05) is 16.1 Å². The molecule has 0 aliphatic rings. The van der Waals surface area contributed by atoms with Crippen LogP contribution in [0.15, 0.2) is 48.5 Å². The quantitative estimate of drug-likeness (QED) is 0.911. The maximum Gasteiger partial charge on any atom is 0.330 e. The first-order valence-electron chi connectivity index (χ1n) is 6.34. The van der Waals surface area contributed by atoms with Gasteiger partial charge in [-0.25, -0.2) is 4.79 Å². The monoisotopic (exact) mass is 303 g/mol. The number of hydrogen-bond acceptors (Lipinski definition) is 2. The van der Waals surface area contributed by atoms with E-state index >= 15 is 0 Å². The minimum Gasteiger partial charge on any atom is -0.479 e. The van der Waals surface area contributed by atoms with Crippen LogP contribution in [0.4, 0.5) is 0 Å². The maximum atomic E-state index is 12.2. The van der Waals surface area contributed by atoms with Crippen molar-refractivity contribution in [1.29, 1.82) is 0 Å². The predicted octanol–water partition coefficient (Wildman–Crippen LogP) is 3.20. The van der Waals surface area contributed by atoms with E-state index in [-0.39, 0.29) is 0 Å². The first-order chi connectivity index (χ1) is 9.99. The zero-order valence-corrected chi connectivity index (χ0v) is 12.1. The van der Waals surface area contributed by atoms with E-state index in [1.165, 1.54) is 0 Å². The van der Waals surface area contributed by atoms with Gasteiger partial charge in [-0.2, -0.15) is 0 Å². The van der Waals surface area contributed by atoms with Crippen LogP contribution in [0.2, 0.25) is 5.02 Å². The summed E-state index contributed by atoms with van der Waals surface area (Å²) in [4.78, 5) is 23.6. The zero-order valence-electron chi connectivity index (χ0n) is 11.3. The van der Waals surface area contributed by atoms with Crippen molar-refractivity contribution < 1.29 is 14.7 Å². The number of aliphatic carboxylic acids is 1. The maximum absolute atomic E-state index is 12.2. The van der Waals surface area contributed by atoms with Crippen LogP contribution >= 0.6 is 11.6 Å². The topological polar surface area (TPSA) is 66.4 Å². The summed E-state index contributed by atoms with van der Waals surface area (Å²) in [5, 5.41) is 12.1. The van der Waals surface area contributed by atoms with Crippen LogP contribution in [0.25, 0.3) is 0 Å². The number of aryl methyl sites for hydroxylation is 1. The van der Waals surface area contributed by atoms with Crippen LogP contribution in [-0.4, -0.2) is 17.0 Å². The molecule has 0 unspecified atom stereocenters. The zero-order chi connectivity index (χ0) is 15.4. The molecule has 1 amide bonds. The lowest BCUT2D eigenvalue weighted by Gasteiger charge is -2.16. The van der Waals surface area contributed by atoms with Gasteiger partial charge in [-0.3, -0.25) is 4.79 Å². The van der Waals surface area contributed by atoms with Gasteiger partial charge in [0.25, 0.3) is 5.91 Å². The summed E-state index contributed by atoms with van der Waals surface area (Å²) >= 11 is 6.00. The molecule has 2 N–H and O–H groups in total. The first kappa shape index (κ1) is 15.1. The van der Waals surface area contributed by atoms with E-state index in [2.05, 4.69) is 5.32 Å². The van der Waals surface area contributed by atoms with Gasteiger partial charge in [0.15, 0.2) is 6.04 Å². The van der Waals surface area contributed by atoms with Gasteiger partial charge in [-0.1, -0.05) is 47.5 Å². The third-order valence-electron chi connectivity index (χ3n) is 3.02. The highest BCUT2D eigenvalue weighted by Gasteiger charge is 2.24. The molecule has 0 aliphatic carbocycles. The number of nitrogens with one attached hydrogen (secondary N) is 1. The van der Waals surface area contributed by atoms with E-state index in [0.717, 1.165) is 5.56 Å². The fraction of sp³-hybridized carbons (Fsp3) is 0.125. The lowest BCUT2D eigenvalue weighted by atomic mass is 10.1. The van der Waals surface area contributed by atoms with Crippen molar-refractivity contribution in [1.82, 2.24) is 5.32 Å². The van der Waals surface area contributed by atoms with Crippen LogP contribution in [0.5, 0.6) is 0 Å². The predicted molar refractivity (Wildman–Crippen MR) is 80.5 cm³/mol. The number of carbonyl (C=O) groups excluding carboxylic acids is 1. The Morgan fingerprint density at radius 2 is 1.86 bits per heavy atom. The van der Waals surface area contributed by atoms with Crippen molar-refractivity contribution in [3.8, 4) is 0 Å². The van der Waals surface area contributed by atoms with E-state index in [9.17, 15) is 14.7 Å². The van der Waals surface area contributed by atoms with Crippen LogP contribution in [0, 0.1) is 6.92 Å². The van der Waals surface area contributed by atoms with Crippen molar-refractivity contribution in [2.45, 2.75) is 13.0 Å². The van der Waals surface area contributed by atoms with Gasteiger partial charge in [0.1, 0.15) is 0 Å². The number of halogens is 1. The van der Waals surface area contributed by atoms with Crippen LogP contribution < -0.4 is 5.32 Å². The standard InChI is InChI=1S/C16H14ClNO3/c1-10-5-4-6-11(9-10)15(19)18-14(16(20)21)12-7-2-3-8-13(12)17/h2-9,14H,1H3,(H,18,19)(H,20,21)/t14-/m1/s1. The van der Waals surface area contributed by atoms with Crippen molar-refractivity contribution >= 4 is 23.5 Å². The minimum atomic E-state index is -1.19. The molecule has 0 saturated heterocycles. The number of benzene rings is 2. The third-order valence-corrected chi connectivity index (χ3v) is 3.36. The Bertz CT molecular complexity index is 685. The SMILES string of the molecule is Cc1cccc(C(=O)N[C@@H](C(=O)O)c2ccccc2Cl)c1. The van der Waals surface area contributed by atoms with E-state index in [1.807, 2.05) is 13.0 Å². The number of hydrogen-bond donors (Lipinski definition) is 2. The molecule has 21 heavy (non-hydrogen) atoms. The molecular formula is C16H14ClNO3. The van der Waals surface area contributed by atoms with E-state index < -0.39 is 17.9 Å². The van der Waals surface area contributed by atoms with Gasteiger partial charge in [-0.05, 0) is 25.1 Å². The van der Waals surface area contributed by atoms with Crippen molar-refractivity contribution in [2.24, 2.45) is 0 Å². The molecule has 2 aromatic carbocycles. The molecule has 108 valence electrons. The summed E-state index contributed by atoms with van der Waals surface area (Å²) in [6, 6.07) is 12.3. The van der Waals surface area contributed by atoms with E-state index in [1.54, 1.807) is 42.5 Å². The Morgan fingerprint density at radius 3 is 2.48 bits per heavy atom. The second-order valence-electron chi connectivity index (χ2n) is 4.64. The van der Waals surface area contributed by atoms with Crippen molar-refractivity contribution in [3.05, 3.63) is 70.2 Å². The molecule has 1 atom stereocenters. The van der Waals surface area contributed by atoms with Gasteiger partial charge >= 0.3 is 5.97 Å². The molecule has 0 bridgehead atoms. The second kappa shape index (κ2) is 6.41.